The number of aromatic carboxylic acids is 3. The minimum absolute atomic E-state index is 0.0809. The van der Waals surface area contributed by atoms with Crippen molar-refractivity contribution in [3.8, 4) is 0 Å². The van der Waals surface area contributed by atoms with Crippen molar-refractivity contribution in [2.75, 3.05) is 0 Å². The van der Waals surface area contributed by atoms with Gasteiger partial charge in [-0.1, -0.05) is 0 Å². The van der Waals surface area contributed by atoms with Crippen molar-refractivity contribution in [1.29, 1.82) is 0 Å². The van der Waals surface area contributed by atoms with Crippen molar-refractivity contribution < 1.29 is 29.7 Å². The fourth-order valence-corrected chi connectivity index (χ4v) is 1.65. The van der Waals surface area contributed by atoms with Gasteiger partial charge >= 0.3 is 17.9 Å². The highest BCUT2D eigenvalue weighted by Gasteiger charge is 2.16. The number of rotatable bonds is 3. The van der Waals surface area contributed by atoms with E-state index in [2.05, 4.69) is 4.98 Å². The third-order valence-corrected chi connectivity index (χ3v) is 2.53. The maximum Gasteiger partial charge on any atom is 0.337 e. The molecule has 96 valence electrons. The molecule has 7 heteroatoms. The molecule has 0 aliphatic heterocycles. The summed E-state index contributed by atoms with van der Waals surface area (Å²) in [6.07, 6.45) is 1.04. The van der Waals surface area contributed by atoms with Crippen LogP contribution in [0.2, 0.25) is 0 Å². The van der Waals surface area contributed by atoms with Crippen LogP contribution in [-0.2, 0) is 0 Å². The molecular weight excluding hydrogens is 254 g/mol. The third kappa shape index (κ3) is 2.21. The predicted molar refractivity (Wildman–Crippen MR) is 62.6 cm³/mol. The minimum Gasteiger partial charge on any atom is -0.478 e. The van der Waals surface area contributed by atoms with Crippen molar-refractivity contribution in [2.45, 2.75) is 0 Å². The predicted octanol–water partition coefficient (Wildman–Crippen LogP) is 1.33. The standard InChI is InChI=1S/C12H7NO6/c14-10(15)5-1-8(12(18)19)7-2-6(11(16)17)4-13-9(7)3-5/h1-4H,(H,14,15)(H,16,17)(H,18,19). The van der Waals surface area contributed by atoms with Gasteiger partial charge in [-0.3, -0.25) is 4.98 Å². The maximum absolute atomic E-state index is 11.1. The summed E-state index contributed by atoms with van der Waals surface area (Å²) in [5.74, 6) is -3.88. The van der Waals surface area contributed by atoms with Gasteiger partial charge in [-0.25, -0.2) is 14.4 Å². The summed E-state index contributed by atoms with van der Waals surface area (Å²) in [6, 6.07) is 3.32. The van der Waals surface area contributed by atoms with E-state index in [0.29, 0.717) is 0 Å². The molecule has 19 heavy (non-hydrogen) atoms. The zero-order chi connectivity index (χ0) is 14.2. The van der Waals surface area contributed by atoms with Crippen LogP contribution in [0.5, 0.6) is 0 Å². The Hall–Kier alpha value is -2.96. The van der Waals surface area contributed by atoms with Gasteiger partial charge in [-0.15, -0.1) is 0 Å². The molecule has 1 aromatic heterocycles. The van der Waals surface area contributed by atoms with Gasteiger partial charge in [0.1, 0.15) is 0 Å². The van der Waals surface area contributed by atoms with Gasteiger partial charge in [0.15, 0.2) is 0 Å². The van der Waals surface area contributed by atoms with E-state index >= 15 is 0 Å². The Bertz CT molecular complexity index is 721. The molecule has 0 amide bonds. The van der Waals surface area contributed by atoms with Crippen molar-refractivity contribution in [3.05, 3.63) is 41.1 Å². The molecule has 3 N–H and O–H groups in total. The van der Waals surface area contributed by atoms with E-state index in [-0.39, 0.29) is 27.6 Å². The van der Waals surface area contributed by atoms with Crippen LogP contribution in [0.4, 0.5) is 0 Å². The Labute approximate surface area is 105 Å². The largest absolute Gasteiger partial charge is 0.478 e. The van der Waals surface area contributed by atoms with E-state index in [0.717, 1.165) is 18.3 Å². The Balaban J connectivity index is 2.83. The molecule has 1 heterocycles. The van der Waals surface area contributed by atoms with Gasteiger partial charge in [-0.2, -0.15) is 0 Å². The van der Waals surface area contributed by atoms with Crippen LogP contribution in [-0.4, -0.2) is 38.2 Å². The topological polar surface area (TPSA) is 125 Å². The van der Waals surface area contributed by atoms with Crippen LogP contribution in [0, 0.1) is 0 Å². The normalized spacial score (nSPS) is 10.3. The Morgan fingerprint density at radius 2 is 1.47 bits per heavy atom. The van der Waals surface area contributed by atoms with Gasteiger partial charge in [0, 0.05) is 11.6 Å². The van der Waals surface area contributed by atoms with E-state index < -0.39 is 17.9 Å². The number of fused-ring (bicyclic) bond motifs is 1. The maximum atomic E-state index is 11.1. The number of carboxylic acids is 3. The second kappa shape index (κ2) is 4.37. The van der Waals surface area contributed by atoms with Crippen molar-refractivity contribution >= 4 is 28.8 Å². The summed E-state index contributed by atoms with van der Waals surface area (Å²) in [5, 5.41) is 26.8. The van der Waals surface area contributed by atoms with E-state index in [1.54, 1.807) is 0 Å². The summed E-state index contributed by atoms with van der Waals surface area (Å²) in [6.45, 7) is 0. The number of hydrogen-bond acceptors (Lipinski definition) is 4. The molecule has 0 aliphatic rings. The zero-order valence-corrected chi connectivity index (χ0v) is 9.32. The molecule has 0 unspecified atom stereocenters. The number of pyridine rings is 1. The van der Waals surface area contributed by atoms with Gasteiger partial charge in [0.25, 0.3) is 0 Å². The highest BCUT2D eigenvalue weighted by atomic mass is 16.4. The SMILES string of the molecule is O=C(O)c1cc(C(=O)O)c2cc(C(=O)O)cnc2c1. The average molecular weight is 261 g/mol. The lowest BCUT2D eigenvalue weighted by atomic mass is 10.0. The molecule has 0 spiro atoms. The van der Waals surface area contributed by atoms with Crippen LogP contribution in [0.25, 0.3) is 10.9 Å². The number of carbonyl (C=O) groups is 3. The quantitative estimate of drug-likeness (QED) is 0.760. The lowest BCUT2D eigenvalue weighted by Gasteiger charge is -2.05. The molecule has 0 atom stereocenters. The van der Waals surface area contributed by atoms with Crippen LogP contribution >= 0.6 is 0 Å². The van der Waals surface area contributed by atoms with Crippen LogP contribution in [0.1, 0.15) is 31.1 Å². The van der Waals surface area contributed by atoms with E-state index in [1.165, 1.54) is 6.07 Å². The highest BCUT2D eigenvalue weighted by Crippen LogP contribution is 2.21. The molecule has 2 rings (SSSR count). The molecule has 1 aromatic carbocycles. The van der Waals surface area contributed by atoms with E-state index in [1.807, 2.05) is 0 Å². The molecule has 0 bridgehead atoms. The molecule has 7 nitrogen and oxygen atoms in total. The first-order chi connectivity index (χ1) is 8.90. The summed E-state index contributed by atoms with van der Waals surface area (Å²) in [4.78, 5) is 36.6. The van der Waals surface area contributed by atoms with Gasteiger partial charge in [0.05, 0.1) is 22.2 Å². The molecule has 0 saturated carbocycles. The lowest BCUT2D eigenvalue weighted by molar-refractivity contribution is 0.0681. The molecule has 0 saturated heterocycles. The third-order valence-electron chi connectivity index (χ3n) is 2.53. The number of hydrogen-bond donors (Lipinski definition) is 3. The van der Waals surface area contributed by atoms with Gasteiger partial charge in [0.2, 0.25) is 0 Å². The Morgan fingerprint density at radius 3 is 2.00 bits per heavy atom. The summed E-state index contributed by atoms with van der Waals surface area (Å²) in [5.41, 5.74) is -0.577. The Morgan fingerprint density at radius 1 is 0.842 bits per heavy atom. The molecule has 0 radical (unpaired) electrons. The fraction of sp³-hybridized carbons (Fsp3) is 0. The Kier molecular flexibility index (Phi) is 2.88. The van der Waals surface area contributed by atoms with Crippen LogP contribution < -0.4 is 0 Å². The second-order valence-corrected chi connectivity index (χ2v) is 3.73. The summed E-state index contributed by atoms with van der Waals surface area (Å²) < 4.78 is 0. The summed E-state index contributed by atoms with van der Waals surface area (Å²) >= 11 is 0. The van der Waals surface area contributed by atoms with Gasteiger partial charge < -0.3 is 15.3 Å². The minimum atomic E-state index is -1.35. The first-order valence-corrected chi connectivity index (χ1v) is 5.04. The highest BCUT2D eigenvalue weighted by molar-refractivity contribution is 6.07. The smallest absolute Gasteiger partial charge is 0.337 e. The summed E-state index contributed by atoms with van der Waals surface area (Å²) in [7, 11) is 0. The number of aromatic nitrogens is 1. The molecule has 0 fully saturated rings. The first kappa shape index (κ1) is 12.5. The second-order valence-electron chi connectivity index (χ2n) is 3.73. The fourth-order valence-electron chi connectivity index (χ4n) is 1.65. The monoisotopic (exact) mass is 261 g/mol. The van der Waals surface area contributed by atoms with E-state index in [4.69, 9.17) is 15.3 Å². The molecule has 0 aliphatic carbocycles. The molecular formula is C12H7NO6. The molecule has 2 aromatic rings. The first-order valence-electron chi connectivity index (χ1n) is 5.04. The number of benzene rings is 1. The van der Waals surface area contributed by atoms with Crippen molar-refractivity contribution in [1.82, 2.24) is 4.98 Å². The lowest BCUT2D eigenvalue weighted by Crippen LogP contribution is -2.05. The van der Waals surface area contributed by atoms with Crippen LogP contribution in [0.15, 0.2) is 24.4 Å². The van der Waals surface area contributed by atoms with Crippen molar-refractivity contribution in [3.63, 3.8) is 0 Å². The van der Waals surface area contributed by atoms with E-state index in [9.17, 15) is 14.4 Å². The number of carboxylic acid groups (broad SMARTS) is 3. The zero-order valence-electron chi connectivity index (χ0n) is 9.32. The van der Waals surface area contributed by atoms with Crippen LogP contribution in [0.3, 0.4) is 0 Å². The van der Waals surface area contributed by atoms with Gasteiger partial charge in [-0.05, 0) is 18.2 Å². The average Bonchev–Trinajstić information content (AvgIpc) is 2.36. The number of nitrogens with zero attached hydrogens (tertiary/aromatic N) is 1. The van der Waals surface area contributed by atoms with Crippen molar-refractivity contribution in [2.24, 2.45) is 0 Å².